The van der Waals surface area contributed by atoms with E-state index >= 15 is 0 Å². The van der Waals surface area contributed by atoms with Gasteiger partial charge in [-0.1, -0.05) is 36.4 Å². The number of ether oxygens (including phenoxy) is 1. The Balaban J connectivity index is 0.00000392. The van der Waals surface area contributed by atoms with Crippen LogP contribution in [0.2, 0.25) is 0 Å². The lowest BCUT2D eigenvalue weighted by atomic mass is 10.0. The van der Waals surface area contributed by atoms with Crippen LogP contribution in [-0.2, 0) is 11.0 Å². The minimum Gasteiger partial charge on any atom is -0.491 e. The first kappa shape index (κ1) is 23.7. The summed E-state index contributed by atoms with van der Waals surface area (Å²) >= 11 is 0. The van der Waals surface area contributed by atoms with Gasteiger partial charge in [-0.15, -0.1) is 12.4 Å². The summed E-state index contributed by atoms with van der Waals surface area (Å²) in [5.74, 6) is -0.356. The molecule has 5 nitrogen and oxygen atoms in total. The minimum atomic E-state index is -4.47. The first-order valence-corrected chi connectivity index (χ1v) is 8.31. The van der Waals surface area contributed by atoms with Crippen molar-refractivity contribution in [2.45, 2.75) is 24.7 Å². The summed E-state index contributed by atoms with van der Waals surface area (Å²) in [4.78, 5) is 11.9. The van der Waals surface area contributed by atoms with Crippen LogP contribution < -0.4 is 15.8 Å². The Morgan fingerprint density at radius 2 is 1.82 bits per heavy atom. The molecule has 0 aliphatic rings. The number of rotatable bonds is 8. The Hall–Kier alpha value is -2.29. The van der Waals surface area contributed by atoms with Crippen LogP contribution in [0, 0.1) is 0 Å². The van der Waals surface area contributed by atoms with Crippen molar-refractivity contribution in [3.05, 3.63) is 65.7 Å². The van der Waals surface area contributed by atoms with Crippen molar-refractivity contribution in [2.75, 3.05) is 13.2 Å². The van der Waals surface area contributed by atoms with Crippen LogP contribution in [0.25, 0.3) is 0 Å². The van der Waals surface area contributed by atoms with Crippen molar-refractivity contribution in [3.8, 4) is 5.75 Å². The molecule has 154 valence electrons. The molecule has 0 aliphatic carbocycles. The topological polar surface area (TPSA) is 84.6 Å². The summed E-state index contributed by atoms with van der Waals surface area (Å²) in [6, 6.07) is 13.0. The average Bonchev–Trinajstić information content (AvgIpc) is 2.65. The van der Waals surface area contributed by atoms with Crippen LogP contribution >= 0.6 is 12.4 Å². The Morgan fingerprint density at radius 1 is 1.14 bits per heavy atom. The molecule has 4 N–H and O–H groups in total. The number of benzene rings is 2. The zero-order chi connectivity index (χ0) is 19.9. The van der Waals surface area contributed by atoms with Crippen LogP contribution in [0.15, 0.2) is 54.6 Å². The third-order valence-corrected chi connectivity index (χ3v) is 3.77. The van der Waals surface area contributed by atoms with Gasteiger partial charge < -0.3 is 20.9 Å². The van der Waals surface area contributed by atoms with Gasteiger partial charge in [0, 0.05) is 19.0 Å². The van der Waals surface area contributed by atoms with Gasteiger partial charge in [-0.2, -0.15) is 13.2 Å². The second-order valence-corrected chi connectivity index (χ2v) is 6.02. The normalized spacial score (nSPS) is 13.2. The van der Waals surface area contributed by atoms with Gasteiger partial charge in [0.25, 0.3) is 0 Å². The van der Waals surface area contributed by atoms with Gasteiger partial charge in [0.1, 0.15) is 18.5 Å². The summed E-state index contributed by atoms with van der Waals surface area (Å²) in [6.45, 7) is -0.356. The predicted molar refractivity (Wildman–Crippen MR) is 101 cm³/mol. The molecule has 1 amide bonds. The summed E-state index contributed by atoms with van der Waals surface area (Å²) < 4.78 is 43.1. The van der Waals surface area contributed by atoms with Crippen molar-refractivity contribution in [2.24, 2.45) is 5.73 Å². The van der Waals surface area contributed by atoms with Gasteiger partial charge in [-0.25, -0.2) is 0 Å². The van der Waals surface area contributed by atoms with E-state index in [0.717, 1.165) is 17.7 Å². The van der Waals surface area contributed by atoms with E-state index in [1.165, 1.54) is 12.1 Å². The van der Waals surface area contributed by atoms with Gasteiger partial charge in [-0.3, -0.25) is 4.79 Å². The number of alkyl halides is 3. The molecule has 0 saturated carbocycles. The number of halogens is 4. The Labute approximate surface area is 167 Å². The van der Waals surface area contributed by atoms with Crippen LogP contribution in [0.3, 0.4) is 0 Å². The van der Waals surface area contributed by atoms with Crippen molar-refractivity contribution in [1.29, 1.82) is 0 Å². The second-order valence-electron chi connectivity index (χ2n) is 6.02. The van der Waals surface area contributed by atoms with Gasteiger partial charge in [0.15, 0.2) is 0 Å². The number of hydrogen-bond donors (Lipinski definition) is 3. The Kier molecular flexibility index (Phi) is 9.24. The predicted octanol–water partition coefficient (Wildman–Crippen LogP) is 3.07. The van der Waals surface area contributed by atoms with Crippen molar-refractivity contribution in [1.82, 2.24) is 5.32 Å². The molecule has 2 aromatic rings. The molecule has 0 radical (unpaired) electrons. The molecule has 28 heavy (non-hydrogen) atoms. The monoisotopic (exact) mass is 418 g/mol. The van der Waals surface area contributed by atoms with Gasteiger partial charge in [0.2, 0.25) is 5.91 Å². The van der Waals surface area contributed by atoms with Crippen LogP contribution in [0.1, 0.15) is 23.6 Å². The highest BCUT2D eigenvalue weighted by atomic mass is 35.5. The van der Waals surface area contributed by atoms with E-state index in [1.54, 1.807) is 0 Å². The van der Waals surface area contributed by atoms with Crippen molar-refractivity contribution >= 4 is 18.3 Å². The molecule has 0 fully saturated rings. The molecule has 2 atom stereocenters. The lowest BCUT2D eigenvalue weighted by molar-refractivity contribution is -0.137. The van der Waals surface area contributed by atoms with E-state index in [9.17, 15) is 23.1 Å². The molecule has 0 aromatic heterocycles. The number of hydrogen-bond acceptors (Lipinski definition) is 4. The number of nitrogens with two attached hydrogens (primary N) is 1. The zero-order valence-corrected chi connectivity index (χ0v) is 15.7. The third-order valence-electron chi connectivity index (χ3n) is 3.77. The quantitative estimate of drug-likeness (QED) is 0.615. The molecular formula is C19H22ClF3N2O3. The smallest absolute Gasteiger partial charge is 0.416 e. The molecule has 0 aliphatic heterocycles. The van der Waals surface area contributed by atoms with E-state index in [2.05, 4.69) is 5.32 Å². The number of nitrogens with one attached hydrogen (secondary N) is 1. The molecule has 2 rings (SSSR count). The fraction of sp³-hybridized carbons (Fsp3) is 0.316. The maximum atomic E-state index is 12.6. The lowest BCUT2D eigenvalue weighted by Crippen LogP contribution is -2.36. The molecule has 0 heterocycles. The van der Waals surface area contributed by atoms with E-state index in [4.69, 9.17) is 10.5 Å². The lowest BCUT2D eigenvalue weighted by Gasteiger charge is -2.16. The number of aliphatic hydroxyl groups excluding tert-OH is 1. The number of aliphatic hydroxyl groups is 1. The fourth-order valence-corrected chi connectivity index (χ4v) is 2.34. The van der Waals surface area contributed by atoms with Gasteiger partial charge in [0.05, 0.1) is 5.56 Å². The van der Waals surface area contributed by atoms with E-state index < -0.39 is 23.9 Å². The molecule has 0 saturated heterocycles. The maximum absolute atomic E-state index is 12.6. The Morgan fingerprint density at radius 3 is 2.46 bits per heavy atom. The van der Waals surface area contributed by atoms with E-state index in [-0.39, 0.29) is 43.6 Å². The highest BCUT2D eigenvalue weighted by Gasteiger charge is 2.30. The SMILES string of the molecule is Cl.NC(CC(=O)NCC(O)COc1cccc(C(F)(F)F)c1)c1ccccc1. The van der Waals surface area contributed by atoms with E-state index in [1.807, 2.05) is 30.3 Å². The average molecular weight is 419 g/mol. The van der Waals surface area contributed by atoms with Crippen molar-refractivity contribution < 1.29 is 27.8 Å². The van der Waals surface area contributed by atoms with Crippen LogP contribution in [0.5, 0.6) is 5.75 Å². The minimum absolute atomic E-state index is 0. The molecular weight excluding hydrogens is 397 g/mol. The maximum Gasteiger partial charge on any atom is 0.416 e. The molecule has 2 unspecified atom stereocenters. The molecule has 2 aromatic carbocycles. The van der Waals surface area contributed by atoms with E-state index in [0.29, 0.717) is 0 Å². The molecule has 0 spiro atoms. The largest absolute Gasteiger partial charge is 0.491 e. The fourth-order valence-electron chi connectivity index (χ4n) is 2.34. The summed E-state index contributed by atoms with van der Waals surface area (Å²) in [5, 5.41) is 12.4. The Bertz CT molecular complexity index is 745. The third kappa shape index (κ3) is 7.75. The number of carbonyl (C=O) groups excluding carboxylic acids is 1. The zero-order valence-electron chi connectivity index (χ0n) is 14.9. The number of carbonyl (C=O) groups is 1. The summed E-state index contributed by atoms with van der Waals surface area (Å²) in [5.41, 5.74) is 5.93. The van der Waals surface area contributed by atoms with Gasteiger partial charge >= 0.3 is 6.18 Å². The first-order valence-electron chi connectivity index (χ1n) is 8.31. The second kappa shape index (κ2) is 10.9. The summed E-state index contributed by atoms with van der Waals surface area (Å²) in [7, 11) is 0. The first-order chi connectivity index (χ1) is 12.8. The van der Waals surface area contributed by atoms with Crippen molar-refractivity contribution in [3.63, 3.8) is 0 Å². The summed E-state index contributed by atoms with van der Waals surface area (Å²) in [6.07, 6.45) is -5.49. The number of amides is 1. The standard InChI is InChI=1S/C19H21F3N2O3.ClH/c20-19(21,22)14-7-4-8-16(9-14)27-12-15(25)11-24-18(26)10-17(23)13-5-2-1-3-6-13;/h1-9,15,17,25H,10-12,23H2,(H,24,26);1H. The van der Waals surface area contributed by atoms with Crippen LogP contribution in [0.4, 0.5) is 13.2 Å². The highest BCUT2D eigenvalue weighted by Crippen LogP contribution is 2.31. The highest BCUT2D eigenvalue weighted by molar-refractivity contribution is 5.85. The molecule has 9 heteroatoms. The molecule has 0 bridgehead atoms. The van der Waals surface area contributed by atoms with Crippen LogP contribution in [-0.4, -0.2) is 30.3 Å². The van der Waals surface area contributed by atoms with Gasteiger partial charge in [-0.05, 0) is 23.8 Å².